The highest BCUT2D eigenvalue weighted by Crippen LogP contribution is 2.33. The number of carbonyl (C=O) groups is 2. The van der Waals surface area contributed by atoms with Crippen LogP contribution in [0.3, 0.4) is 0 Å². The number of nitrogen functional groups attached to an aromatic ring is 1. The quantitative estimate of drug-likeness (QED) is 0.670. The number of amides is 1. The van der Waals surface area contributed by atoms with Crippen LogP contribution >= 0.6 is 0 Å². The SMILES string of the molecule is Cn1c(N)c(C(=O)CN2C[C@@H](C(=O)N3CCCCC3)Oc3ccccc32)c(=O)n(C)c1=O. The Balaban J connectivity index is 1.64. The van der Waals surface area contributed by atoms with Crippen LogP contribution in [0.4, 0.5) is 11.5 Å². The summed E-state index contributed by atoms with van der Waals surface area (Å²) in [4.78, 5) is 54.5. The number of hydrogen-bond acceptors (Lipinski definition) is 7. The van der Waals surface area contributed by atoms with Gasteiger partial charge in [-0.25, -0.2) is 4.79 Å². The van der Waals surface area contributed by atoms with Crippen molar-refractivity contribution in [1.82, 2.24) is 14.0 Å². The molecule has 10 nitrogen and oxygen atoms in total. The lowest BCUT2D eigenvalue weighted by Crippen LogP contribution is -2.52. The Labute approximate surface area is 184 Å². The van der Waals surface area contributed by atoms with Crippen LogP contribution in [0.1, 0.15) is 29.6 Å². The second-order valence-electron chi connectivity index (χ2n) is 8.23. The lowest BCUT2D eigenvalue weighted by atomic mass is 10.1. The first-order chi connectivity index (χ1) is 15.3. The van der Waals surface area contributed by atoms with Crippen molar-refractivity contribution in [3.63, 3.8) is 0 Å². The van der Waals surface area contributed by atoms with Gasteiger partial charge in [-0.05, 0) is 31.4 Å². The number of likely N-dealkylation sites (tertiary alicyclic amines) is 1. The monoisotopic (exact) mass is 441 g/mol. The first-order valence-corrected chi connectivity index (χ1v) is 10.7. The fraction of sp³-hybridized carbons (Fsp3) is 0.455. The van der Waals surface area contributed by atoms with E-state index >= 15 is 0 Å². The van der Waals surface area contributed by atoms with Gasteiger partial charge in [-0.3, -0.25) is 23.5 Å². The molecule has 0 unspecified atom stereocenters. The Kier molecular flexibility index (Phi) is 5.77. The predicted octanol–water partition coefficient (Wildman–Crippen LogP) is 0.129. The second kappa shape index (κ2) is 8.52. The van der Waals surface area contributed by atoms with E-state index in [1.807, 2.05) is 11.0 Å². The number of ketones is 1. The number of anilines is 2. The van der Waals surface area contributed by atoms with Gasteiger partial charge in [0.15, 0.2) is 11.9 Å². The topological polar surface area (TPSA) is 120 Å². The van der Waals surface area contributed by atoms with Crippen molar-refractivity contribution in [2.75, 3.05) is 36.8 Å². The van der Waals surface area contributed by atoms with E-state index in [0.717, 1.165) is 28.4 Å². The van der Waals surface area contributed by atoms with Crippen LogP contribution in [0, 0.1) is 0 Å². The molecule has 1 aromatic carbocycles. The number of aromatic nitrogens is 2. The third-order valence-corrected chi connectivity index (χ3v) is 6.13. The minimum atomic E-state index is -0.754. The Morgan fingerprint density at radius 2 is 1.75 bits per heavy atom. The molecule has 0 saturated carbocycles. The number of Topliss-reactive ketones (excluding diaryl/α,β-unsaturated/α-hetero) is 1. The lowest BCUT2D eigenvalue weighted by Gasteiger charge is -2.38. The molecular weight excluding hydrogens is 414 g/mol. The molecule has 2 aromatic rings. The van der Waals surface area contributed by atoms with E-state index in [-0.39, 0.29) is 30.4 Å². The minimum absolute atomic E-state index is 0.103. The van der Waals surface area contributed by atoms with Gasteiger partial charge in [-0.1, -0.05) is 12.1 Å². The van der Waals surface area contributed by atoms with Crippen molar-refractivity contribution >= 4 is 23.2 Å². The van der Waals surface area contributed by atoms with Gasteiger partial charge in [0.05, 0.1) is 18.8 Å². The summed E-state index contributed by atoms with van der Waals surface area (Å²) in [6, 6.07) is 7.16. The molecule has 0 bridgehead atoms. The molecule has 2 aliphatic rings. The van der Waals surface area contributed by atoms with Gasteiger partial charge in [0.25, 0.3) is 11.5 Å². The van der Waals surface area contributed by atoms with Crippen LogP contribution in [-0.2, 0) is 18.9 Å². The number of nitrogens with zero attached hydrogens (tertiary/aromatic N) is 4. The van der Waals surface area contributed by atoms with Crippen LogP contribution in [0.15, 0.2) is 33.9 Å². The zero-order valence-corrected chi connectivity index (χ0v) is 18.2. The van der Waals surface area contributed by atoms with Crippen LogP contribution in [0.2, 0.25) is 0 Å². The Morgan fingerprint density at radius 3 is 2.47 bits per heavy atom. The predicted molar refractivity (Wildman–Crippen MR) is 119 cm³/mol. The fourth-order valence-electron chi connectivity index (χ4n) is 4.28. The summed E-state index contributed by atoms with van der Waals surface area (Å²) in [5, 5.41) is 0. The summed E-state index contributed by atoms with van der Waals surface area (Å²) in [5.74, 6) is -0.303. The van der Waals surface area contributed by atoms with Crippen molar-refractivity contribution in [1.29, 1.82) is 0 Å². The van der Waals surface area contributed by atoms with Crippen molar-refractivity contribution in [2.45, 2.75) is 25.4 Å². The zero-order chi connectivity index (χ0) is 23.0. The lowest BCUT2D eigenvalue weighted by molar-refractivity contribution is -0.139. The van der Waals surface area contributed by atoms with Gasteiger partial charge in [0.2, 0.25) is 0 Å². The molecule has 3 heterocycles. The highest BCUT2D eigenvalue weighted by molar-refractivity contribution is 6.02. The summed E-state index contributed by atoms with van der Waals surface area (Å²) in [7, 11) is 2.71. The van der Waals surface area contributed by atoms with E-state index in [0.29, 0.717) is 24.5 Å². The molecule has 170 valence electrons. The third kappa shape index (κ3) is 3.76. The number of rotatable bonds is 4. The molecule has 2 aliphatic heterocycles. The number of ether oxygens (including phenoxy) is 1. The van der Waals surface area contributed by atoms with Crippen molar-refractivity contribution in [3.05, 3.63) is 50.7 Å². The molecule has 32 heavy (non-hydrogen) atoms. The number of fused-ring (bicyclic) bond motifs is 1. The molecule has 1 atom stereocenters. The third-order valence-electron chi connectivity index (χ3n) is 6.13. The fourth-order valence-corrected chi connectivity index (χ4v) is 4.28. The second-order valence-corrected chi connectivity index (χ2v) is 8.23. The van der Waals surface area contributed by atoms with Crippen molar-refractivity contribution in [2.24, 2.45) is 14.1 Å². The van der Waals surface area contributed by atoms with Crippen LogP contribution in [0.25, 0.3) is 0 Å². The van der Waals surface area contributed by atoms with E-state index in [2.05, 4.69) is 0 Å². The molecule has 1 fully saturated rings. The van der Waals surface area contributed by atoms with Gasteiger partial charge in [-0.15, -0.1) is 0 Å². The first-order valence-electron chi connectivity index (χ1n) is 10.7. The Hall–Kier alpha value is -3.56. The van der Waals surface area contributed by atoms with Crippen LogP contribution in [-0.4, -0.2) is 58.0 Å². The zero-order valence-electron chi connectivity index (χ0n) is 18.2. The van der Waals surface area contributed by atoms with Crippen LogP contribution in [0.5, 0.6) is 5.75 Å². The molecule has 0 radical (unpaired) electrons. The molecule has 10 heteroatoms. The number of para-hydroxylation sites is 2. The molecular formula is C22H27N5O5. The van der Waals surface area contributed by atoms with E-state index in [1.165, 1.54) is 14.1 Å². The maximum Gasteiger partial charge on any atom is 0.332 e. The maximum absolute atomic E-state index is 13.2. The average Bonchev–Trinajstić information content (AvgIpc) is 2.81. The van der Waals surface area contributed by atoms with Gasteiger partial charge in [-0.2, -0.15) is 0 Å². The summed E-state index contributed by atoms with van der Waals surface area (Å²) >= 11 is 0. The van der Waals surface area contributed by atoms with Gasteiger partial charge in [0.1, 0.15) is 17.1 Å². The highest BCUT2D eigenvalue weighted by Gasteiger charge is 2.35. The van der Waals surface area contributed by atoms with E-state index in [1.54, 1.807) is 23.1 Å². The molecule has 0 aliphatic carbocycles. The van der Waals surface area contributed by atoms with E-state index in [4.69, 9.17) is 10.5 Å². The normalized spacial score (nSPS) is 18.1. The molecule has 0 spiro atoms. The van der Waals surface area contributed by atoms with Gasteiger partial charge >= 0.3 is 5.69 Å². The molecule has 1 saturated heterocycles. The maximum atomic E-state index is 13.2. The summed E-state index contributed by atoms with van der Waals surface area (Å²) in [6.45, 7) is 1.39. The highest BCUT2D eigenvalue weighted by atomic mass is 16.5. The van der Waals surface area contributed by atoms with Gasteiger partial charge in [0, 0.05) is 27.2 Å². The standard InChI is InChI=1S/C22H27N5O5/c1-24-19(23)18(21(30)25(2)22(24)31)15(28)12-27-13-17(20(29)26-10-6-3-7-11-26)32-16-9-5-4-8-14(16)27/h4-5,8-9,17H,3,6-7,10-13,23H2,1-2H3/t17-/m0/s1. The van der Waals surface area contributed by atoms with Crippen LogP contribution < -0.4 is 26.6 Å². The largest absolute Gasteiger partial charge is 0.477 e. The van der Waals surface area contributed by atoms with Crippen molar-refractivity contribution in [3.8, 4) is 5.75 Å². The number of carbonyl (C=O) groups excluding carboxylic acids is 2. The summed E-state index contributed by atoms with van der Waals surface area (Å²) < 4.78 is 7.92. The van der Waals surface area contributed by atoms with Gasteiger partial charge < -0.3 is 20.3 Å². The van der Waals surface area contributed by atoms with Crippen molar-refractivity contribution < 1.29 is 14.3 Å². The minimum Gasteiger partial charge on any atom is -0.477 e. The summed E-state index contributed by atoms with van der Waals surface area (Å²) in [6.07, 6.45) is 2.28. The summed E-state index contributed by atoms with van der Waals surface area (Å²) in [5.41, 5.74) is 5.03. The Morgan fingerprint density at radius 1 is 1.06 bits per heavy atom. The van der Waals surface area contributed by atoms with E-state index in [9.17, 15) is 19.2 Å². The number of piperidine rings is 1. The number of hydrogen-bond donors (Lipinski definition) is 1. The molecule has 2 N–H and O–H groups in total. The smallest absolute Gasteiger partial charge is 0.332 e. The molecule has 1 aromatic heterocycles. The number of benzene rings is 1. The average molecular weight is 441 g/mol. The molecule has 4 rings (SSSR count). The first kappa shape index (κ1) is 21.7. The number of nitrogens with two attached hydrogens (primary N) is 1. The molecule has 1 amide bonds. The van der Waals surface area contributed by atoms with E-state index < -0.39 is 23.1 Å². The Bertz CT molecular complexity index is 1180.